The Hall–Kier alpha value is -1.28. The summed E-state index contributed by atoms with van der Waals surface area (Å²) in [5.41, 5.74) is 1.08. The van der Waals surface area contributed by atoms with Crippen LogP contribution in [0.25, 0.3) is 6.08 Å². The lowest BCUT2D eigenvalue weighted by atomic mass is 9.99. The molecule has 0 aliphatic carbocycles. The van der Waals surface area contributed by atoms with E-state index in [1.165, 1.54) is 0 Å². The largest absolute Gasteiger partial charge is 0.394 e. The molecule has 1 aromatic rings. The lowest BCUT2D eigenvalue weighted by Gasteiger charge is -2.39. The lowest BCUT2D eigenvalue weighted by molar-refractivity contribution is -0.300. The van der Waals surface area contributed by atoms with Gasteiger partial charge in [0, 0.05) is 0 Å². The summed E-state index contributed by atoms with van der Waals surface area (Å²) >= 11 is 0. The van der Waals surface area contributed by atoms with E-state index in [1.807, 2.05) is 42.5 Å². The highest BCUT2D eigenvalue weighted by Crippen LogP contribution is 2.22. The third kappa shape index (κ3) is 4.36. The summed E-state index contributed by atoms with van der Waals surface area (Å²) in [6.45, 7) is -0.176. The van der Waals surface area contributed by atoms with Crippen LogP contribution in [0.1, 0.15) is 12.0 Å². The van der Waals surface area contributed by atoms with Crippen LogP contribution in [0.5, 0.6) is 0 Å². The predicted molar refractivity (Wildman–Crippen MR) is 79.8 cm³/mol. The van der Waals surface area contributed by atoms with Crippen LogP contribution in [0.3, 0.4) is 0 Å². The van der Waals surface area contributed by atoms with E-state index in [-0.39, 0.29) is 6.61 Å². The molecule has 6 nitrogen and oxygen atoms in total. The average molecular weight is 310 g/mol. The van der Waals surface area contributed by atoms with Crippen molar-refractivity contribution in [3.8, 4) is 0 Å². The SMILES string of the molecule is OCC1O[C@@H](OCC/C=C/c2ccccc2)C(O)C(O)[C@H]1O. The van der Waals surface area contributed by atoms with Gasteiger partial charge in [-0.05, 0) is 12.0 Å². The van der Waals surface area contributed by atoms with Crippen LogP contribution >= 0.6 is 0 Å². The first kappa shape index (κ1) is 17.1. The fourth-order valence-electron chi connectivity index (χ4n) is 2.24. The number of hydrogen-bond acceptors (Lipinski definition) is 6. The molecule has 4 N–H and O–H groups in total. The smallest absolute Gasteiger partial charge is 0.186 e. The van der Waals surface area contributed by atoms with E-state index >= 15 is 0 Å². The van der Waals surface area contributed by atoms with Crippen molar-refractivity contribution in [2.24, 2.45) is 0 Å². The van der Waals surface area contributed by atoms with Crippen LogP contribution < -0.4 is 0 Å². The van der Waals surface area contributed by atoms with Crippen LogP contribution in [-0.2, 0) is 9.47 Å². The van der Waals surface area contributed by atoms with Crippen molar-refractivity contribution >= 4 is 6.08 Å². The van der Waals surface area contributed by atoms with E-state index in [4.69, 9.17) is 14.6 Å². The molecule has 2 rings (SSSR count). The lowest BCUT2D eigenvalue weighted by Crippen LogP contribution is -2.59. The molecule has 1 saturated heterocycles. The summed E-state index contributed by atoms with van der Waals surface area (Å²) in [5.74, 6) is 0. The molecule has 1 aliphatic heterocycles. The first-order valence-corrected chi connectivity index (χ1v) is 7.27. The van der Waals surface area contributed by atoms with Gasteiger partial charge in [0.05, 0.1) is 13.2 Å². The molecule has 1 aromatic carbocycles. The van der Waals surface area contributed by atoms with Crippen molar-refractivity contribution in [3.05, 3.63) is 42.0 Å². The average Bonchev–Trinajstić information content (AvgIpc) is 2.55. The van der Waals surface area contributed by atoms with E-state index < -0.39 is 37.3 Å². The Morgan fingerprint density at radius 1 is 1.05 bits per heavy atom. The van der Waals surface area contributed by atoms with Crippen molar-refractivity contribution in [2.75, 3.05) is 13.2 Å². The van der Waals surface area contributed by atoms with E-state index in [0.29, 0.717) is 6.42 Å². The van der Waals surface area contributed by atoms with Crippen LogP contribution in [0.15, 0.2) is 36.4 Å². The quantitative estimate of drug-likeness (QED) is 0.548. The van der Waals surface area contributed by atoms with Gasteiger partial charge >= 0.3 is 0 Å². The van der Waals surface area contributed by atoms with Gasteiger partial charge in [-0.15, -0.1) is 0 Å². The zero-order valence-corrected chi connectivity index (χ0v) is 12.2. The Labute approximate surface area is 129 Å². The van der Waals surface area contributed by atoms with Gasteiger partial charge in [-0.3, -0.25) is 0 Å². The highest BCUT2D eigenvalue weighted by molar-refractivity contribution is 5.48. The van der Waals surface area contributed by atoms with Gasteiger partial charge in [0.2, 0.25) is 0 Å². The van der Waals surface area contributed by atoms with Gasteiger partial charge in [-0.1, -0.05) is 42.5 Å². The third-order valence-corrected chi connectivity index (χ3v) is 3.52. The number of ether oxygens (including phenoxy) is 2. The second kappa shape index (κ2) is 8.38. The second-order valence-electron chi connectivity index (χ2n) is 5.17. The van der Waals surface area contributed by atoms with Crippen LogP contribution in [0.4, 0.5) is 0 Å². The Morgan fingerprint density at radius 2 is 1.77 bits per heavy atom. The van der Waals surface area contributed by atoms with Crippen molar-refractivity contribution < 1.29 is 29.9 Å². The molecular weight excluding hydrogens is 288 g/mol. The molecule has 0 amide bonds. The van der Waals surface area contributed by atoms with Crippen LogP contribution in [0.2, 0.25) is 0 Å². The summed E-state index contributed by atoms with van der Waals surface area (Å²) in [6, 6.07) is 9.80. The molecule has 0 bridgehead atoms. The molecule has 1 heterocycles. The minimum atomic E-state index is -1.41. The summed E-state index contributed by atoms with van der Waals surface area (Å²) in [7, 11) is 0. The maximum Gasteiger partial charge on any atom is 0.186 e. The number of rotatable bonds is 6. The van der Waals surface area contributed by atoms with Gasteiger partial charge < -0.3 is 29.9 Å². The van der Waals surface area contributed by atoms with E-state index in [2.05, 4.69) is 0 Å². The van der Waals surface area contributed by atoms with Crippen molar-refractivity contribution in [3.63, 3.8) is 0 Å². The summed E-state index contributed by atoms with van der Waals surface area (Å²) < 4.78 is 10.6. The zero-order chi connectivity index (χ0) is 15.9. The van der Waals surface area contributed by atoms with Crippen LogP contribution in [0, 0.1) is 0 Å². The zero-order valence-electron chi connectivity index (χ0n) is 12.2. The molecule has 6 heteroatoms. The maximum absolute atomic E-state index is 9.80. The summed E-state index contributed by atoms with van der Waals surface area (Å²) in [6.07, 6.45) is -1.65. The predicted octanol–water partition coefficient (Wildman–Crippen LogP) is -0.0936. The number of benzene rings is 1. The topological polar surface area (TPSA) is 99.4 Å². The van der Waals surface area contributed by atoms with Gasteiger partial charge in [0.25, 0.3) is 0 Å². The Balaban J connectivity index is 1.77. The molecule has 1 fully saturated rings. The highest BCUT2D eigenvalue weighted by Gasteiger charge is 2.43. The molecule has 1 aliphatic rings. The molecule has 3 unspecified atom stereocenters. The fraction of sp³-hybridized carbons (Fsp3) is 0.500. The first-order valence-electron chi connectivity index (χ1n) is 7.27. The standard InChI is InChI=1S/C16H22O6/c17-10-12-13(18)14(19)15(20)16(22-12)21-9-5-4-8-11-6-2-1-3-7-11/h1-4,6-8,12-20H,5,9-10H2/b8-4+/t12?,13-,14?,15?,16+/m0/s1. The molecule has 22 heavy (non-hydrogen) atoms. The van der Waals surface area contributed by atoms with Crippen molar-refractivity contribution in [2.45, 2.75) is 37.1 Å². The first-order chi connectivity index (χ1) is 10.6. The molecule has 0 radical (unpaired) electrons. The van der Waals surface area contributed by atoms with Gasteiger partial charge in [-0.2, -0.15) is 0 Å². The van der Waals surface area contributed by atoms with Gasteiger partial charge in [-0.25, -0.2) is 0 Å². The summed E-state index contributed by atoms with van der Waals surface area (Å²) in [5, 5.41) is 38.2. The fourth-order valence-corrected chi connectivity index (χ4v) is 2.24. The third-order valence-electron chi connectivity index (χ3n) is 3.52. The number of hydrogen-bond donors (Lipinski definition) is 4. The Morgan fingerprint density at radius 3 is 2.45 bits per heavy atom. The minimum Gasteiger partial charge on any atom is -0.394 e. The molecule has 5 atom stereocenters. The molecule has 0 spiro atoms. The normalized spacial score (nSPS) is 32.5. The number of aliphatic hydroxyl groups excluding tert-OH is 4. The molecule has 122 valence electrons. The van der Waals surface area contributed by atoms with Crippen molar-refractivity contribution in [1.29, 1.82) is 0 Å². The Bertz CT molecular complexity index is 461. The molecule has 0 saturated carbocycles. The summed E-state index contributed by atoms with van der Waals surface area (Å²) in [4.78, 5) is 0. The van der Waals surface area contributed by atoms with Gasteiger partial charge in [0.1, 0.15) is 24.4 Å². The molecular formula is C16H22O6. The monoisotopic (exact) mass is 310 g/mol. The highest BCUT2D eigenvalue weighted by atomic mass is 16.7. The van der Waals surface area contributed by atoms with Crippen LogP contribution in [-0.4, -0.2) is 64.3 Å². The second-order valence-corrected chi connectivity index (χ2v) is 5.17. The molecule has 0 aromatic heterocycles. The van der Waals surface area contributed by atoms with Crippen molar-refractivity contribution in [1.82, 2.24) is 0 Å². The number of aliphatic hydroxyl groups is 4. The van der Waals surface area contributed by atoms with Gasteiger partial charge in [0.15, 0.2) is 6.29 Å². The van der Waals surface area contributed by atoms with E-state index in [9.17, 15) is 15.3 Å². The maximum atomic E-state index is 9.80. The minimum absolute atomic E-state index is 0.284. The van der Waals surface area contributed by atoms with E-state index in [0.717, 1.165) is 5.56 Å². The Kier molecular flexibility index (Phi) is 6.50. The van der Waals surface area contributed by atoms with E-state index in [1.54, 1.807) is 0 Å².